The van der Waals surface area contributed by atoms with Crippen LogP contribution in [0.5, 0.6) is 0 Å². The van der Waals surface area contributed by atoms with Crippen LogP contribution < -0.4 is 11.3 Å². The molecule has 1 heterocycles. The topological polar surface area (TPSA) is 72.9 Å². The molecule has 1 saturated carbocycles. The molecule has 3 N–H and O–H groups in total. The third-order valence-corrected chi connectivity index (χ3v) is 4.02. The summed E-state index contributed by atoms with van der Waals surface area (Å²) in [5, 5.41) is 4.60. The number of hydrogen-bond donors (Lipinski definition) is 2. The maximum absolute atomic E-state index is 11.5. The molecule has 1 amide bonds. The molecule has 3 rings (SSSR count). The van der Waals surface area contributed by atoms with Crippen LogP contribution in [-0.2, 0) is 11.3 Å². The molecule has 0 radical (unpaired) electrons. The maximum atomic E-state index is 11.5. The molecule has 5 heteroatoms. The van der Waals surface area contributed by atoms with Crippen molar-refractivity contribution in [3.05, 3.63) is 53.3 Å². The largest absolute Gasteiger partial charge is 0.294 e. The number of amides is 1. The van der Waals surface area contributed by atoms with E-state index >= 15 is 0 Å². The number of nitrogens with zero attached hydrogens (tertiary/aromatic N) is 2. The minimum atomic E-state index is -0.241. The second-order valence-electron chi connectivity index (χ2n) is 5.68. The molecule has 0 spiro atoms. The zero-order chi connectivity index (χ0) is 14.8. The lowest BCUT2D eigenvalue weighted by Crippen LogP contribution is -2.33. The average Bonchev–Trinajstić information content (AvgIpc) is 3.27. The van der Waals surface area contributed by atoms with Gasteiger partial charge in [-0.3, -0.25) is 14.9 Å². The first-order valence-corrected chi connectivity index (χ1v) is 7.30. The molecule has 1 fully saturated rings. The van der Waals surface area contributed by atoms with Gasteiger partial charge in [0.05, 0.1) is 18.2 Å². The molecule has 110 valence electrons. The predicted molar refractivity (Wildman–Crippen MR) is 80.5 cm³/mol. The van der Waals surface area contributed by atoms with E-state index in [1.165, 1.54) is 24.1 Å². The number of carbonyl (C=O) groups is 1. The number of benzene rings is 1. The smallest absolute Gasteiger partial charge is 0.241 e. The van der Waals surface area contributed by atoms with E-state index in [2.05, 4.69) is 16.6 Å². The normalized spacial score (nSPS) is 15.7. The highest BCUT2D eigenvalue weighted by atomic mass is 16.2. The third-order valence-electron chi connectivity index (χ3n) is 4.02. The minimum Gasteiger partial charge on any atom is -0.294 e. The van der Waals surface area contributed by atoms with Crippen LogP contribution >= 0.6 is 0 Å². The maximum Gasteiger partial charge on any atom is 0.241 e. The molecule has 0 aliphatic heterocycles. The highest BCUT2D eigenvalue weighted by Gasteiger charge is 2.25. The summed E-state index contributed by atoms with van der Waals surface area (Å²) >= 11 is 0. The van der Waals surface area contributed by atoms with Crippen molar-refractivity contribution in [2.24, 2.45) is 5.84 Å². The van der Waals surface area contributed by atoms with Crippen LogP contribution in [0.2, 0.25) is 0 Å². The van der Waals surface area contributed by atoms with Crippen LogP contribution in [0.15, 0.2) is 36.5 Å². The van der Waals surface area contributed by atoms with Gasteiger partial charge in [-0.2, -0.15) is 5.10 Å². The standard InChI is InChI=1S/C16H20N4O/c1-11(16(21)18-17)13-4-2-12(3-5-13)10-20-9-8-15(19-20)14-6-7-14/h2-5,8-9,11,14H,6-7,10,17H2,1H3,(H,18,21). The van der Waals surface area contributed by atoms with Crippen molar-refractivity contribution in [1.82, 2.24) is 15.2 Å². The SMILES string of the molecule is CC(C(=O)NN)c1ccc(Cn2ccc(C3CC3)n2)cc1. The molecule has 1 unspecified atom stereocenters. The van der Waals surface area contributed by atoms with Crippen molar-refractivity contribution in [3.8, 4) is 0 Å². The molecule has 21 heavy (non-hydrogen) atoms. The molecular formula is C16H20N4O. The van der Waals surface area contributed by atoms with Gasteiger partial charge in [-0.15, -0.1) is 0 Å². The van der Waals surface area contributed by atoms with Crippen LogP contribution in [0.4, 0.5) is 0 Å². The third kappa shape index (κ3) is 3.13. The lowest BCUT2D eigenvalue weighted by atomic mass is 9.99. The van der Waals surface area contributed by atoms with Gasteiger partial charge in [0.15, 0.2) is 0 Å². The Labute approximate surface area is 124 Å². The second-order valence-corrected chi connectivity index (χ2v) is 5.68. The van der Waals surface area contributed by atoms with E-state index in [9.17, 15) is 4.79 Å². The van der Waals surface area contributed by atoms with Gasteiger partial charge in [0.2, 0.25) is 5.91 Å². The van der Waals surface area contributed by atoms with Gasteiger partial charge in [-0.05, 0) is 37.0 Å². The number of hydrazine groups is 1. The first-order valence-electron chi connectivity index (χ1n) is 7.30. The fraction of sp³-hybridized carbons (Fsp3) is 0.375. The lowest BCUT2D eigenvalue weighted by Gasteiger charge is -2.10. The summed E-state index contributed by atoms with van der Waals surface area (Å²) in [7, 11) is 0. The number of nitrogens with one attached hydrogen (secondary N) is 1. The van der Waals surface area contributed by atoms with Crippen molar-refractivity contribution in [3.63, 3.8) is 0 Å². The van der Waals surface area contributed by atoms with E-state index < -0.39 is 0 Å². The Bertz CT molecular complexity index is 628. The van der Waals surface area contributed by atoms with Crippen LogP contribution in [-0.4, -0.2) is 15.7 Å². The zero-order valence-electron chi connectivity index (χ0n) is 12.1. The summed E-state index contributed by atoms with van der Waals surface area (Å²) in [5.74, 6) is 5.43. The van der Waals surface area contributed by atoms with Crippen molar-refractivity contribution >= 4 is 5.91 Å². The predicted octanol–water partition coefficient (Wildman–Crippen LogP) is 1.90. The molecule has 0 saturated heterocycles. The Morgan fingerprint density at radius 3 is 2.71 bits per heavy atom. The minimum absolute atomic E-state index is 0.177. The Balaban J connectivity index is 1.67. The summed E-state index contributed by atoms with van der Waals surface area (Å²) in [5.41, 5.74) is 5.52. The van der Waals surface area contributed by atoms with E-state index in [0.717, 1.165) is 12.1 Å². The summed E-state index contributed by atoms with van der Waals surface area (Å²) in [4.78, 5) is 11.5. The summed E-state index contributed by atoms with van der Waals surface area (Å²) in [6, 6.07) is 10.1. The van der Waals surface area contributed by atoms with Crippen LogP contribution in [0.1, 0.15) is 48.4 Å². The Kier molecular flexibility index (Phi) is 3.75. The number of carbonyl (C=O) groups excluding carboxylic acids is 1. The van der Waals surface area contributed by atoms with Crippen molar-refractivity contribution in [2.75, 3.05) is 0 Å². The van der Waals surface area contributed by atoms with E-state index in [0.29, 0.717) is 5.92 Å². The van der Waals surface area contributed by atoms with Crippen molar-refractivity contribution in [2.45, 2.75) is 38.1 Å². The van der Waals surface area contributed by atoms with Crippen LogP contribution in [0.3, 0.4) is 0 Å². The number of nitrogens with two attached hydrogens (primary N) is 1. The fourth-order valence-corrected chi connectivity index (χ4v) is 2.44. The first kappa shape index (κ1) is 13.8. The average molecular weight is 284 g/mol. The zero-order valence-corrected chi connectivity index (χ0v) is 12.1. The van der Waals surface area contributed by atoms with Gasteiger partial charge in [0.1, 0.15) is 0 Å². The first-order chi connectivity index (χ1) is 10.2. The monoisotopic (exact) mass is 284 g/mol. The second kappa shape index (κ2) is 5.69. The van der Waals surface area contributed by atoms with E-state index in [-0.39, 0.29) is 11.8 Å². The highest BCUT2D eigenvalue weighted by molar-refractivity contribution is 5.82. The van der Waals surface area contributed by atoms with E-state index in [4.69, 9.17) is 5.84 Å². The Morgan fingerprint density at radius 2 is 2.10 bits per heavy atom. The van der Waals surface area contributed by atoms with E-state index in [1.807, 2.05) is 42.1 Å². The van der Waals surface area contributed by atoms with Crippen molar-refractivity contribution < 1.29 is 4.79 Å². The highest BCUT2D eigenvalue weighted by Crippen LogP contribution is 2.38. The Morgan fingerprint density at radius 1 is 1.38 bits per heavy atom. The fourth-order valence-electron chi connectivity index (χ4n) is 2.44. The lowest BCUT2D eigenvalue weighted by molar-refractivity contribution is -0.122. The summed E-state index contributed by atoms with van der Waals surface area (Å²) in [6.45, 7) is 2.59. The molecule has 1 aliphatic carbocycles. The molecule has 1 aliphatic rings. The molecular weight excluding hydrogens is 264 g/mol. The van der Waals surface area contributed by atoms with Gasteiger partial charge < -0.3 is 0 Å². The quantitative estimate of drug-likeness (QED) is 0.500. The molecule has 1 aromatic carbocycles. The molecule has 1 aromatic heterocycles. The van der Waals surface area contributed by atoms with Crippen molar-refractivity contribution in [1.29, 1.82) is 0 Å². The van der Waals surface area contributed by atoms with E-state index in [1.54, 1.807) is 0 Å². The number of rotatable bonds is 5. The summed E-state index contributed by atoms with van der Waals surface area (Å²) < 4.78 is 1.97. The van der Waals surface area contributed by atoms with Gasteiger partial charge in [-0.1, -0.05) is 24.3 Å². The number of aromatic nitrogens is 2. The van der Waals surface area contributed by atoms with Gasteiger partial charge in [-0.25, -0.2) is 5.84 Å². The van der Waals surface area contributed by atoms with Crippen LogP contribution in [0.25, 0.3) is 0 Å². The summed E-state index contributed by atoms with van der Waals surface area (Å²) in [6.07, 6.45) is 4.58. The Hall–Kier alpha value is -2.14. The molecule has 5 nitrogen and oxygen atoms in total. The molecule has 0 bridgehead atoms. The van der Waals surface area contributed by atoms with Gasteiger partial charge in [0, 0.05) is 12.1 Å². The van der Waals surface area contributed by atoms with Gasteiger partial charge >= 0.3 is 0 Å². The molecule has 2 aromatic rings. The van der Waals surface area contributed by atoms with Crippen LogP contribution in [0, 0.1) is 0 Å². The van der Waals surface area contributed by atoms with Gasteiger partial charge in [0.25, 0.3) is 0 Å². The number of hydrogen-bond acceptors (Lipinski definition) is 3. The molecule has 1 atom stereocenters.